The molecule has 1 aromatic heterocycles. The van der Waals surface area contributed by atoms with Gasteiger partial charge in [-0.2, -0.15) is 0 Å². The molecule has 126 valence electrons. The summed E-state index contributed by atoms with van der Waals surface area (Å²) in [4.78, 5) is 26.2. The van der Waals surface area contributed by atoms with Crippen molar-refractivity contribution in [3.05, 3.63) is 33.8 Å². The Hall–Kier alpha value is -1.99. The Bertz CT molecular complexity index is 792. The number of carbonyl (C=O) groups is 2. The van der Waals surface area contributed by atoms with Crippen LogP contribution in [0.15, 0.2) is 18.2 Å². The van der Waals surface area contributed by atoms with Crippen LogP contribution >= 0.6 is 22.9 Å². The van der Waals surface area contributed by atoms with Crippen molar-refractivity contribution in [3.8, 4) is 0 Å². The van der Waals surface area contributed by atoms with E-state index in [1.165, 1.54) is 11.3 Å². The standard InChI is InChI=1S/C16H17ClN4O2S/c1-3-13-19-20-16(24-13)18-15(23)10-6-14(22)21(8-10)11-5-4-9(2)12(17)7-11/h4-5,7,10H,3,6,8H2,1-2H3,(H,18,20,23)/t10-/m0/s1. The summed E-state index contributed by atoms with van der Waals surface area (Å²) in [6, 6.07) is 5.47. The second kappa shape index (κ2) is 6.86. The number of anilines is 2. The van der Waals surface area contributed by atoms with Crippen molar-refractivity contribution in [3.63, 3.8) is 0 Å². The lowest BCUT2D eigenvalue weighted by molar-refractivity contribution is -0.122. The summed E-state index contributed by atoms with van der Waals surface area (Å²) in [5.74, 6) is -0.698. The van der Waals surface area contributed by atoms with E-state index in [9.17, 15) is 9.59 Å². The lowest BCUT2D eigenvalue weighted by Crippen LogP contribution is -2.28. The minimum Gasteiger partial charge on any atom is -0.312 e. The van der Waals surface area contributed by atoms with Gasteiger partial charge in [-0.25, -0.2) is 0 Å². The Balaban J connectivity index is 1.69. The first-order valence-corrected chi connectivity index (χ1v) is 8.87. The Morgan fingerprint density at radius 3 is 2.92 bits per heavy atom. The van der Waals surface area contributed by atoms with E-state index in [0.717, 1.165) is 22.7 Å². The van der Waals surface area contributed by atoms with Crippen LogP contribution in [0, 0.1) is 12.8 Å². The first kappa shape index (κ1) is 16.9. The lowest BCUT2D eigenvalue weighted by atomic mass is 10.1. The Morgan fingerprint density at radius 2 is 2.25 bits per heavy atom. The smallest absolute Gasteiger partial charge is 0.231 e. The molecule has 0 radical (unpaired) electrons. The largest absolute Gasteiger partial charge is 0.312 e. The summed E-state index contributed by atoms with van der Waals surface area (Å²) >= 11 is 7.48. The number of nitrogens with one attached hydrogen (secondary N) is 1. The van der Waals surface area contributed by atoms with Crippen LogP contribution in [0.1, 0.15) is 23.9 Å². The van der Waals surface area contributed by atoms with E-state index in [1.807, 2.05) is 26.0 Å². The summed E-state index contributed by atoms with van der Waals surface area (Å²) < 4.78 is 0. The van der Waals surface area contributed by atoms with Crippen molar-refractivity contribution in [1.82, 2.24) is 10.2 Å². The lowest BCUT2D eigenvalue weighted by Gasteiger charge is -2.17. The molecule has 0 unspecified atom stereocenters. The van der Waals surface area contributed by atoms with E-state index in [1.54, 1.807) is 11.0 Å². The predicted octanol–water partition coefficient (Wildman–Crippen LogP) is 3.05. The van der Waals surface area contributed by atoms with Gasteiger partial charge < -0.3 is 10.2 Å². The molecule has 1 saturated heterocycles. The Labute approximate surface area is 148 Å². The third-order valence-electron chi connectivity index (χ3n) is 3.96. The van der Waals surface area contributed by atoms with Crippen LogP contribution in [0.3, 0.4) is 0 Å². The van der Waals surface area contributed by atoms with Crippen molar-refractivity contribution in [2.24, 2.45) is 5.92 Å². The van der Waals surface area contributed by atoms with Crippen molar-refractivity contribution < 1.29 is 9.59 Å². The third kappa shape index (κ3) is 3.42. The van der Waals surface area contributed by atoms with Gasteiger partial charge in [-0.1, -0.05) is 35.9 Å². The molecule has 1 fully saturated rings. The molecule has 0 spiro atoms. The zero-order chi connectivity index (χ0) is 17.3. The number of halogens is 1. The van der Waals surface area contributed by atoms with E-state index in [4.69, 9.17) is 11.6 Å². The number of nitrogens with zero attached hydrogens (tertiary/aromatic N) is 3. The van der Waals surface area contributed by atoms with Gasteiger partial charge in [0.15, 0.2) is 0 Å². The van der Waals surface area contributed by atoms with Gasteiger partial charge in [-0.15, -0.1) is 10.2 Å². The van der Waals surface area contributed by atoms with Crippen molar-refractivity contribution in [2.75, 3.05) is 16.8 Å². The monoisotopic (exact) mass is 364 g/mol. The fourth-order valence-electron chi connectivity index (χ4n) is 2.54. The highest BCUT2D eigenvalue weighted by Crippen LogP contribution is 2.29. The van der Waals surface area contributed by atoms with Gasteiger partial charge in [-0.05, 0) is 31.0 Å². The zero-order valence-electron chi connectivity index (χ0n) is 13.4. The molecular weight excluding hydrogens is 348 g/mol. The molecular formula is C16H17ClN4O2S. The second-order valence-corrected chi connectivity index (χ2v) is 7.15. The number of aromatic nitrogens is 2. The summed E-state index contributed by atoms with van der Waals surface area (Å²) in [5.41, 5.74) is 1.67. The molecule has 2 amide bonds. The maximum atomic E-state index is 12.4. The molecule has 0 aliphatic carbocycles. The fourth-order valence-corrected chi connectivity index (χ4v) is 3.39. The van der Waals surface area contributed by atoms with Gasteiger partial charge in [0.1, 0.15) is 5.01 Å². The van der Waals surface area contributed by atoms with Crippen LogP contribution < -0.4 is 10.2 Å². The van der Waals surface area contributed by atoms with Crippen molar-refractivity contribution in [1.29, 1.82) is 0 Å². The number of amides is 2. The number of hydrogen-bond donors (Lipinski definition) is 1. The maximum Gasteiger partial charge on any atom is 0.231 e. The minimum atomic E-state index is -0.411. The average Bonchev–Trinajstić information content (AvgIpc) is 3.16. The van der Waals surface area contributed by atoms with Gasteiger partial charge in [0.05, 0.1) is 5.92 Å². The molecule has 1 aromatic carbocycles. The molecule has 3 rings (SSSR count). The highest BCUT2D eigenvalue weighted by molar-refractivity contribution is 7.15. The Morgan fingerprint density at radius 1 is 1.46 bits per heavy atom. The fraction of sp³-hybridized carbons (Fsp3) is 0.375. The van der Waals surface area contributed by atoms with Crippen LogP contribution in [-0.4, -0.2) is 28.6 Å². The van der Waals surface area contributed by atoms with Gasteiger partial charge in [-0.3, -0.25) is 9.59 Å². The van der Waals surface area contributed by atoms with Gasteiger partial charge >= 0.3 is 0 Å². The number of benzene rings is 1. The molecule has 24 heavy (non-hydrogen) atoms. The highest BCUT2D eigenvalue weighted by Gasteiger charge is 2.35. The SMILES string of the molecule is CCc1nnc(NC(=O)[C@H]2CC(=O)N(c3ccc(C)c(Cl)c3)C2)s1. The van der Waals surface area contributed by atoms with E-state index >= 15 is 0 Å². The molecule has 2 aromatic rings. The first-order chi connectivity index (χ1) is 11.5. The van der Waals surface area contributed by atoms with Gasteiger partial charge in [0.2, 0.25) is 16.9 Å². The molecule has 1 aliphatic heterocycles. The second-order valence-electron chi connectivity index (χ2n) is 5.68. The number of hydrogen-bond acceptors (Lipinski definition) is 5. The number of aryl methyl sites for hydroxylation is 2. The highest BCUT2D eigenvalue weighted by atomic mass is 35.5. The Kier molecular flexibility index (Phi) is 4.82. The molecule has 1 atom stereocenters. The molecule has 2 heterocycles. The number of carbonyl (C=O) groups excluding carboxylic acids is 2. The summed E-state index contributed by atoms with van der Waals surface area (Å²) in [7, 11) is 0. The maximum absolute atomic E-state index is 12.4. The van der Waals surface area contributed by atoms with E-state index in [2.05, 4.69) is 15.5 Å². The normalized spacial score (nSPS) is 17.4. The quantitative estimate of drug-likeness (QED) is 0.904. The van der Waals surface area contributed by atoms with Crippen LogP contribution in [0.4, 0.5) is 10.8 Å². The number of rotatable bonds is 4. The summed E-state index contributed by atoms with van der Waals surface area (Å²) in [6.45, 7) is 4.22. The summed E-state index contributed by atoms with van der Waals surface area (Å²) in [6.07, 6.45) is 0.953. The topological polar surface area (TPSA) is 75.2 Å². The van der Waals surface area contributed by atoms with Gasteiger partial charge in [0, 0.05) is 23.7 Å². The summed E-state index contributed by atoms with van der Waals surface area (Å²) in [5, 5.41) is 12.6. The average molecular weight is 365 g/mol. The van der Waals surface area contributed by atoms with E-state index in [-0.39, 0.29) is 18.2 Å². The molecule has 8 heteroatoms. The molecule has 1 aliphatic rings. The first-order valence-electron chi connectivity index (χ1n) is 7.67. The minimum absolute atomic E-state index is 0.0819. The van der Waals surface area contributed by atoms with E-state index in [0.29, 0.717) is 16.7 Å². The van der Waals surface area contributed by atoms with Crippen LogP contribution in [0.2, 0.25) is 5.02 Å². The molecule has 0 bridgehead atoms. The van der Waals surface area contributed by atoms with Crippen LogP contribution in [0.25, 0.3) is 0 Å². The van der Waals surface area contributed by atoms with E-state index < -0.39 is 5.92 Å². The molecule has 6 nitrogen and oxygen atoms in total. The molecule has 1 N–H and O–H groups in total. The van der Waals surface area contributed by atoms with Crippen LogP contribution in [0.5, 0.6) is 0 Å². The zero-order valence-corrected chi connectivity index (χ0v) is 14.9. The van der Waals surface area contributed by atoms with Crippen molar-refractivity contribution in [2.45, 2.75) is 26.7 Å². The predicted molar refractivity (Wildman–Crippen MR) is 94.6 cm³/mol. The van der Waals surface area contributed by atoms with Crippen LogP contribution in [-0.2, 0) is 16.0 Å². The third-order valence-corrected chi connectivity index (χ3v) is 5.35. The molecule has 0 saturated carbocycles. The van der Waals surface area contributed by atoms with Gasteiger partial charge in [0.25, 0.3) is 0 Å². The van der Waals surface area contributed by atoms with Crippen molar-refractivity contribution >= 4 is 45.6 Å².